The van der Waals surface area contributed by atoms with Crippen molar-refractivity contribution in [2.24, 2.45) is 11.8 Å². The molecule has 3 saturated heterocycles. The van der Waals surface area contributed by atoms with Gasteiger partial charge in [-0.05, 0) is 49.1 Å². The number of nitrogens with zero attached hydrogens (tertiary/aromatic N) is 3. The van der Waals surface area contributed by atoms with Gasteiger partial charge in [-0.15, -0.1) is 0 Å². The van der Waals surface area contributed by atoms with Crippen molar-refractivity contribution in [3.8, 4) is 0 Å². The molecule has 2 amide bonds. The second-order valence-electron chi connectivity index (χ2n) is 8.73. The van der Waals surface area contributed by atoms with Crippen molar-refractivity contribution in [1.29, 1.82) is 0 Å². The molecule has 0 spiro atoms. The Morgan fingerprint density at radius 2 is 2.17 bits per heavy atom. The van der Waals surface area contributed by atoms with Crippen molar-refractivity contribution in [1.82, 2.24) is 20.1 Å². The second kappa shape index (κ2) is 9.22. The molecule has 0 aromatic carbocycles. The lowest BCUT2D eigenvalue weighted by Crippen LogP contribution is -2.67. The fourth-order valence-corrected chi connectivity index (χ4v) is 5.57. The normalized spacial score (nSPS) is 29.4. The highest BCUT2D eigenvalue weighted by Crippen LogP contribution is 2.41. The molecule has 7 nitrogen and oxygen atoms in total. The third-order valence-corrected chi connectivity index (χ3v) is 6.86. The molecule has 0 radical (unpaired) electrons. The number of fused-ring (bicyclic) bond motifs is 4. The molecule has 158 valence electrons. The van der Waals surface area contributed by atoms with E-state index in [0.717, 1.165) is 37.9 Å². The largest absolute Gasteiger partial charge is 0.395 e. The van der Waals surface area contributed by atoms with E-state index in [1.54, 1.807) is 12.4 Å². The summed E-state index contributed by atoms with van der Waals surface area (Å²) in [7, 11) is 0. The van der Waals surface area contributed by atoms with Crippen molar-refractivity contribution in [2.75, 3.05) is 32.8 Å². The van der Waals surface area contributed by atoms with Crippen molar-refractivity contribution in [2.45, 2.75) is 50.6 Å². The van der Waals surface area contributed by atoms with Crippen LogP contribution in [0.4, 0.5) is 0 Å². The van der Waals surface area contributed by atoms with Gasteiger partial charge in [-0.25, -0.2) is 0 Å². The summed E-state index contributed by atoms with van der Waals surface area (Å²) in [6.07, 6.45) is 8.39. The Morgan fingerprint density at radius 3 is 2.97 bits per heavy atom. The summed E-state index contributed by atoms with van der Waals surface area (Å²) in [5.74, 6) is 1.13. The highest BCUT2D eigenvalue weighted by molar-refractivity contribution is 5.79. The minimum atomic E-state index is 0.0278. The predicted octanol–water partition coefficient (Wildman–Crippen LogP) is 0.824. The van der Waals surface area contributed by atoms with E-state index in [2.05, 4.69) is 20.1 Å². The Morgan fingerprint density at radius 1 is 1.31 bits per heavy atom. The van der Waals surface area contributed by atoms with Crippen molar-refractivity contribution in [3.63, 3.8) is 0 Å². The second-order valence-corrected chi connectivity index (χ2v) is 8.73. The van der Waals surface area contributed by atoms with E-state index in [0.29, 0.717) is 44.2 Å². The molecular weight excluding hydrogens is 368 g/mol. The molecule has 4 heterocycles. The fourth-order valence-electron chi connectivity index (χ4n) is 5.57. The number of rotatable bonds is 7. The highest BCUT2D eigenvalue weighted by Gasteiger charge is 2.49. The van der Waals surface area contributed by atoms with Crippen molar-refractivity contribution in [3.05, 3.63) is 30.1 Å². The number of carbonyl (C=O) groups excluding carboxylic acids is 2. The maximum Gasteiger partial charge on any atom is 0.223 e. The number of carbonyl (C=O) groups is 2. The molecule has 2 bridgehead atoms. The van der Waals surface area contributed by atoms with Crippen LogP contribution in [0.25, 0.3) is 0 Å². The number of nitrogens with one attached hydrogen (secondary N) is 1. The molecule has 1 aromatic heterocycles. The van der Waals surface area contributed by atoms with Gasteiger partial charge in [0.2, 0.25) is 11.8 Å². The Balaban J connectivity index is 1.39. The molecule has 29 heavy (non-hydrogen) atoms. The maximum atomic E-state index is 12.8. The van der Waals surface area contributed by atoms with Gasteiger partial charge in [0.1, 0.15) is 0 Å². The van der Waals surface area contributed by atoms with E-state index in [4.69, 9.17) is 0 Å². The van der Waals surface area contributed by atoms with Crippen LogP contribution in [0.15, 0.2) is 24.5 Å². The van der Waals surface area contributed by atoms with Gasteiger partial charge in [0, 0.05) is 57.5 Å². The minimum absolute atomic E-state index is 0.0278. The molecule has 3 fully saturated rings. The van der Waals surface area contributed by atoms with Crippen LogP contribution in [-0.2, 0) is 16.0 Å². The van der Waals surface area contributed by atoms with Gasteiger partial charge >= 0.3 is 0 Å². The lowest BCUT2D eigenvalue weighted by atomic mass is 9.72. The van der Waals surface area contributed by atoms with Gasteiger partial charge in [-0.3, -0.25) is 14.6 Å². The Kier molecular flexibility index (Phi) is 6.45. The van der Waals surface area contributed by atoms with Crippen LogP contribution in [0.2, 0.25) is 0 Å². The number of likely N-dealkylation sites (tertiary alicyclic amines) is 1. The molecular formula is C22H32N4O3. The van der Waals surface area contributed by atoms with E-state index >= 15 is 0 Å². The van der Waals surface area contributed by atoms with Crippen LogP contribution >= 0.6 is 0 Å². The zero-order valence-electron chi connectivity index (χ0n) is 17.0. The van der Waals surface area contributed by atoms with Gasteiger partial charge in [0.05, 0.1) is 12.6 Å². The number of hydrogen-bond donors (Lipinski definition) is 2. The van der Waals surface area contributed by atoms with E-state index in [1.165, 1.54) is 0 Å². The Labute approximate surface area is 172 Å². The first-order chi connectivity index (χ1) is 14.2. The summed E-state index contributed by atoms with van der Waals surface area (Å²) in [5, 5.41) is 12.5. The summed E-state index contributed by atoms with van der Waals surface area (Å²) in [5.41, 5.74) is 1.06. The summed E-state index contributed by atoms with van der Waals surface area (Å²) < 4.78 is 0. The number of amides is 2. The van der Waals surface area contributed by atoms with Crippen LogP contribution in [-0.4, -0.2) is 76.6 Å². The molecule has 0 saturated carbocycles. The molecule has 0 aliphatic carbocycles. The first-order valence-corrected chi connectivity index (χ1v) is 11.0. The SMILES string of the molecule is O=C(CCc1cccnc1)NC[C@H]1[C@H]2C[C@@H](CN(CCO)C2)[C@@H]2CCCC(=O)N21. The number of β-amino-alcohol motifs (C(OH)–C–C–N with tert-alkyl or cyclic N) is 1. The first kappa shape index (κ1) is 20.3. The molecule has 4 atom stereocenters. The number of piperidine rings is 3. The van der Waals surface area contributed by atoms with E-state index in [-0.39, 0.29) is 30.5 Å². The number of pyridine rings is 1. The number of hydrogen-bond acceptors (Lipinski definition) is 5. The summed E-state index contributed by atoms with van der Waals surface area (Å²) >= 11 is 0. The van der Waals surface area contributed by atoms with Crippen LogP contribution in [0.3, 0.4) is 0 Å². The lowest BCUT2D eigenvalue weighted by Gasteiger charge is -2.56. The first-order valence-electron chi connectivity index (χ1n) is 11.0. The van der Waals surface area contributed by atoms with Gasteiger partial charge < -0.3 is 20.2 Å². The number of aryl methyl sites for hydroxylation is 1. The predicted molar refractivity (Wildman–Crippen MR) is 109 cm³/mol. The topological polar surface area (TPSA) is 85.8 Å². The van der Waals surface area contributed by atoms with Crippen LogP contribution < -0.4 is 5.32 Å². The Bertz CT molecular complexity index is 711. The standard InChI is InChI=1S/C22H32N4O3/c27-10-9-25-14-17-11-18(15-25)20(26-19(17)4-1-5-22(26)29)13-24-21(28)7-6-16-3-2-8-23-12-16/h2-3,8,12,17-20,27H,1,4-7,9-11,13-15H2,(H,24,28)/t17-,18-,19-,20-/m0/s1. The number of aromatic nitrogens is 1. The number of aliphatic hydroxyl groups is 1. The maximum absolute atomic E-state index is 12.8. The van der Waals surface area contributed by atoms with Gasteiger partial charge in [-0.1, -0.05) is 6.07 Å². The van der Waals surface area contributed by atoms with Crippen molar-refractivity contribution >= 4 is 11.8 Å². The quantitative estimate of drug-likeness (QED) is 0.708. The average Bonchev–Trinajstić information content (AvgIpc) is 2.73. The molecule has 2 N–H and O–H groups in total. The van der Waals surface area contributed by atoms with Gasteiger partial charge in [0.15, 0.2) is 0 Å². The summed E-state index contributed by atoms with van der Waals surface area (Å²) in [6, 6.07) is 4.21. The van der Waals surface area contributed by atoms with E-state index in [1.807, 2.05) is 12.1 Å². The zero-order valence-corrected chi connectivity index (χ0v) is 17.0. The van der Waals surface area contributed by atoms with Crippen molar-refractivity contribution < 1.29 is 14.7 Å². The smallest absolute Gasteiger partial charge is 0.223 e. The fraction of sp³-hybridized carbons (Fsp3) is 0.682. The van der Waals surface area contributed by atoms with Crippen LogP contribution in [0.5, 0.6) is 0 Å². The van der Waals surface area contributed by atoms with Gasteiger partial charge in [-0.2, -0.15) is 0 Å². The summed E-state index contributed by atoms with van der Waals surface area (Å²) in [4.78, 5) is 33.8. The molecule has 4 rings (SSSR count). The van der Waals surface area contributed by atoms with Crippen LogP contribution in [0.1, 0.15) is 37.7 Å². The van der Waals surface area contributed by atoms with E-state index < -0.39 is 0 Å². The van der Waals surface area contributed by atoms with Crippen LogP contribution in [0, 0.1) is 11.8 Å². The third-order valence-electron chi connectivity index (χ3n) is 6.86. The molecule has 0 unspecified atom stereocenters. The molecule has 1 aromatic rings. The zero-order chi connectivity index (χ0) is 20.2. The minimum Gasteiger partial charge on any atom is -0.395 e. The average molecular weight is 401 g/mol. The summed E-state index contributed by atoms with van der Waals surface area (Å²) in [6.45, 7) is 3.25. The molecule has 3 aliphatic rings. The molecule has 7 heteroatoms. The lowest BCUT2D eigenvalue weighted by molar-refractivity contribution is -0.153. The Hall–Kier alpha value is -1.99. The third kappa shape index (κ3) is 4.61. The highest BCUT2D eigenvalue weighted by atomic mass is 16.3. The monoisotopic (exact) mass is 400 g/mol. The van der Waals surface area contributed by atoms with E-state index in [9.17, 15) is 14.7 Å². The number of aliphatic hydroxyl groups excluding tert-OH is 1. The molecule has 3 aliphatic heterocycles. The van der Waals surface area contributed by atoms with Gasteiger partial charge in [0.25, 0.3) is 0 Å².